The molecule has 5 N–H and O–H groups in total. The van der Waals surface area contributed by atoms with E-state index in [9.17, 15) is 24.9 Å². The van der Waals surface area contributed by atoms with Crippen LogP contribution in [-0.2, 0) is 20.7 Å². The fourth-order valence-electron chi connectivity index (χ4n) is 8.05. The first kappa shape index (κ1) is 26.3. The number of rotatable bonds is 6. The monoisotopic (exact) mass is 509 g/mol. The SMILES string of the molecule is CC1=C[C@H]2[C@@]3(O)[C@H](C)C[C@]4(OC(=O)C[C@H](N)Cc5ccccc5)[C@@H]([C@@H]3C=C(CO)C[C@]2(O)C1=O)C4(C)C. The number of Topliss-reactive ketones (excluding diaryl/α,β-unsaturated/α-hetero) is 1. The third kappa shape index (κ3) is 3.69. The van der Waals surface area contributed by atoms with Crippen LogP contribution in [0.2, 0.25) is 0 Å². The summed E-state index contributed by atoms with van der Waals surface area (Å²) in [5.41, 5.74) is 3.83. The first-order chi connectivity index (χ1) is 17.3. The van der Waals surface area contributed by atoms with E-state index in [-0.39, 0.29) is 43.3 Å². The third-order valence-electron chi connectivity index (χ3n) is 9.94. The summed E-state index contributed by atoms with van der Waals surface area (Å²) >= 11 is 0. The molecule has 0 aliphatic heterocycles. The molecule has 1 aromatic rings. The number of ether oxygens (including phenoxy) is 1. The van der Waals surface area contributed by atoms with Crippen LogP contribution in [0.5, 0.6) is 0 Å². The molecule has 0 saturated heterocycles. The first-order valence-electron chi connectivity index (χ1n) is 13.3. The quantitative estimate of drug-likeness (QED) is 0.342. The number of ketones is 1. The van der Waals surface area contributed by atoms with E-state index in [1.54, 1.807) is 13.0 Å². The van der Waals surface area contributed by atoms with Crippen LogP contribution < -0.4 is 5.73 Å². The number of aliphatic hydroxyl groups excluding tert-OH is 1. The van der Waals surface area contributed by atoms with Crippen LogP contribution in [0.4, 0.5) is 0 Å². The minimum absolute atomic E-state index is 0.0271. The Balaban J connectivity index is 1.44. The van der Waals surface area contributed by atoms with Gasteiger partial charge >= 0.3 is 5.97 Å². The zero-order valence-electron chi connectivity index (χ0n) is 22.1. The van der Waals surface area contributed by atoms with Crippen molar-refractivity contribution in [3.05, 3.63) is 59.2 Å². The van der Waals surface area contributed by atoms with Crippen molar-refractivity contribution < 1.29 is 29.6 Å². The molecule has 2 saturated carbocycles. The number of hydrogen-bond donors (Lipinski definition) is 4. The predicted octanol–water partition coefficient (Wildman–Crippen LogP) is 2.47. The molecule has 0 radical (unpaired) electrons. The second-order valence-corrected chi connectivity index (χ2v) is 12.5. The number of esters is 1. The summed E-state index contributed by atoms with van der Waals surface area (Å²) in [5, 5.41) is 34.1. The van der Waals surface area contributed by atoms with Crippen LogP contribution in [0.3, 0.4) is 0 Å². The number of hydrogen-bond acceptors (Lipinski definition) is 7. The number of benzene rings is 1. The van der Waals surface area contributed by atoms with Crippen molar-refractivity contribution >= 4 is 11.8 Å². The van der Waals surface area contributed by atoms with Crippen LogP contribution >= 0.6 is 0 Å². The molecule has 8 atom stereocenters. The topological polar surface area (TPSA) is 130 Å². The molecule has 0 spiro atoms. The number of carbonyl (C=O) groups excluding carboxylic acids is 2. The highest BCUT2D eigenvalue weighted by molar-refractivity contribution is 6.04. The Kier molecular flexibility index (Phi) is 6.11. The molecule has 0 unspecified atom stereocenters. The maximum Gasteiger partial charge on any atom is 0.307 e. The predicted molar refractivity (Wildman–Crippen MR) is 138 cm³/mol. The van der Waals surface area contributed by atoms with Gasteiger partial charge in [0.1, 0.15) is 11.2 Å². The fourth-order valence-corrected chi connectivity index (χ4v) is 8.05. The maximum absolute atomic E-state index is 13.2. The van der Waals surface area contributed by atoms with E-state index in [0.29, 0.717) is 24.0 Å². The van der Waals surface area contributed by atoms with Gasteiger partial charge in [-0.25, -0.2) is 0 Å². The molecule has 1 aromatic carbocycles. The Labute approximate surface area is 218 Å². The van der Waals surface area contributed by atoms with Gasteiger partial charge in [-0.3, -0.25) is 9.59 Å². The number of aliphatic hydroxyl groups is 3. The van der Waals surface area contributed by atoms with Crippen molar-refractivity contribution in [1.29, 1.82) is 0 Å². The Morgan fingerprint density at radius 3 is 2.51 bits per heavy atom. The summed E-state index contributed by atoms with van der Waals surface area (Å²) in [6.07, 6.45) is 4.58. The van der Waals surface area contributed by atoms with Gasteiger partial charge in [0.2, 0.25) is 0 Å². The molecule has 200 valence electrons. The van der Waals surface area contributed by atoms with Gasteiger partial charge in [-0.1, -0.05) is 63.3 Å². The largest absolute Gasteiger partial charge is 0.458 e. The highest BCUT2D eigenvalue weighted by atomic mass is 16.6. The standard InChI is InChI=1S/C30H39NO6/c1-17-10-23-28(35,26(17)34)15-20(16-32)12-22-25-27(3,4)29(25,14-18(2)30(22,23)36)37-24(33)13-21(31)11-19-8-6-5-7-9-19/h5-10,12,18,21-23,25,32,35-36H,11,13-16,31H2,1-4H3/t18-,21-,22+,23-,25+,28-,29+,30-/m1/s1. The van der Waals surface area contributed by atoms with E-state index in [0.717, 1.165) is 5.56 Å². The Morgan fingerprint density at radius 1 is 1.19 bits per heavy atom. The Morgan fingerprint density at radius 2 is 1.86 bits per heavy atom. The summed E-state index contributed by atoms with van der Waals surface area (Å²) < 4.78 is 6.26. The molecule has 0 aromatic heterocycles. The highest BCUT2D eigenvalue weighted by Crippen LogP contribution is 2.76. The minimum Gasteiger partial charge on any atom is -0.458 e. The molecule has 0 bridgehead atoms. The fraction of sp³-hybridized carbons (Fsp3) is 0.600. The lowest BCUT2D eigenvalue weighted by Gasteiger charge is -2.50. The molecular formula is C30H39NO6. The summed E-state index contributed by atoms with van der Waals surface area (Å²) in [6.45, 7) is 7.32. The molecule has 37 heavy (non-hydrogen) atoms. The lowest BCUT2D eigenvalue weighted by atomic mass is 9.60. The van der Waals surface area contributed by atoms with Crippen molar-refractivity contribution in [2.45, 2.75) is 76.2 Å². The minimum atomic E-state index is -1.80. The Bertz CT molecular complexity index is 1170. The zero-order chi connectivity index (χ0) is 27.0. The van der Waals surface area contributed by atoms with Gasteiger partial charge in [0, 0.05) is 35.6 Å². The lowest BCUT2D eigenvalue weighted by molar-refractivity contribution is -0.187. The van der Waals surface area contributed by atoms with Crippen LogP contribution in [0.1, 0.15) is 52.5 Å². The van der Waals surface area contributed by atoms with Crippen molar-refractivity contribution in [1.82, 2.24) is 0 Å². The van der Waals surface area contributed by atoms with Crippen molar-refractivity contribution in [3.8, 4) is 0 Å². The van der Waals surface area contributed by atoms with Crippen LogP contribution in [0.15, 0.2) is 53.6 Å². The highest BCUT2D eigenvalue weighted by Gasteiger charge is 2.83. The zero-order valence-corrected chi connectivity index (χ0v) is 22.1. The van der Waals surface area contributed by atoms with E-state index in [1.807, 2.05) is 57.2 Å². The summed E-state index contributed by atoms with van der Waals surface area (Å²) in [5.74, 6) is -2.69. The van der Waals surface area contributed by atoms with Gasteiger partial charge in [-0.15, -0.1) is 0 Å². The summed E-state index contributed by atoms with van der Waals surface area (Å²) in [4.78, 5) is 26.2. The molecular weight excluding hydrogens is 470 g/mol. The molecule has 5 rings (SSSR count). The van der Waals surface area contributed by atoms with Crippen LogP contribution in [-0.4, -0.2) is 56.5 Å². The van der Waals surface area contributed by atoms with E-state index in [1.165, 1.54) is 0 Å². The molecule has 7 nitrogen and oxygen atoms in total. The van der Waals surface area contributed by atoms with E-state index < -0.39 is 39.8 Å². The van der Waals surface area contributed by atoms with Gasteiger partial charge in [-0.2, -0.15) is 0 Å². The number of carbonyl (C=O) groups is 2. The van der Waals surface area contributed by atoms with Gasteiger partial charge in [0.25, 0.3) is 0 Å². The average Bonchev–Trinajstić information content (AvgIpc) is 3.23. The van der Waals surface area contributed by atoms with Crippen molar-refractivity contribution in [2.75, 3.05) is 6.61 Å². The number of nitrogens with two attached hydrogens (primary N) is 1. The van der Waals surface area contributed by atoms with Crippen molar-refractivity contribution in [2.24, 2.45) is 34.8 Å². The molecule has 4 aliphatic rings. The number of fused-ring (bicyclic) bond motifs is 5. The van der Waals surface area contributed by atoms with E-state index in [4.69, 9.17) is 10.5 Å². The van der Waals surface area contributed by atoms with Gasteiger partial charge in [0.05, 0.1) is 18.6 Å². The molecule has 0 amide bonds. The summed E-state index contributed by atoms with van der Waals surface area (Å²) in [6, 6.07) is 9.41. The normalized spacial score (nSPS) is 40.4. The molecule has 2 fully saturated rings. The molecule has 7 heteroatoms. The lowest BCUT2D eigenvalue weighted by Crippen LogP contribution is -2.61. The average molecular weight is 510 g/mol. The van der Waals surface area contributed by atoms with Crippen LogP contribution in [0.25, 0.3) is 0 Å². The second-order valence-electron chi connectivity index (χ2n) is 12.5. The summed E-state index contributed by atoms with van der Waals surface area (Å²) in [7, 11) is 0. The van der Waals surface area contributed by atoms with Gasteiger partial charge < -0.3 is 25.8 Å². The third-order valence-corrected chi connectivity index (χ3v) is 9.94. The molecule has 0 heterocycles. The van der Waals surface area contributed by atoms with Crippen molar-refractivity contribution in [3.63, 3.8) is 0 Å². The van der Waals surface area contributed by atoms with Gasteiger partial charge in [0.15, 0.2) is 5.78 Å². The van der Waals surface area contributed by atoms with E-state index in [2.05, 4.69) is 0 Å². The van der Waals surface area contributed by atoms with Crippen LogP contribution in [0, 0.1) is 29.1 Å². The Hall–Kier alpha value is -2.32. The van der Waals surface area contributed by atoms with Gasteiger partial charge in [-0.05, 0) is 42.4 Å². The first-order valence-corrected chi connectivity index (χ1v) is 13.3. The smallest absolute Gasteiger partial charge is 0.307 e. The van der Waals surface area contributed by atoms with E-state index >= 15 is 0 Å². The second kappa shape index (κ2) is 8.60. The maximum atomic E-state index is 13.2. The molecule has 4 aliphatic carbocycles.